The van der Waals surface area contributed by atoms with Crippen LogP contribution in [0, 0.1) is 5.92 Å². The van der Waals surface area contributed by atoms with E-state index in [4.69, 9.17) is 5.73 Å². The maximum Gasteiger partial charge on any atom is 0.0974 e. The number of hydrogen-bond donors (Lipinski definition) is 1. The molecule has 1 fully saturated rings. The average Bonchev–Trinajstić information content (AvgIpc) is 2.17. The van der Waals surface area contributed by atoms with E-state index in [1.54, 1.807) is 0 Å². The zero-order valence-electron chi connectivity index (χ0n) is 4.02. The molecule has 0 amide bonds. The van der Waals surface area contributed by atoms with Crippen LogP contribution >= 0.6 is 0 Å². The summed E-state index contributed by atoms with van der Waals surface area (Å²) in [5.41, 5.74) is 5.27. The Kier molecular flexibility index (Phi) is 0.889. The van der Waals surface area contributed by atoms with E-state index in [2.05, 4.69) is 6.58 Å². The minimum Gasteiger partial charge on any atom is -0.327 e. The lowest BCUT2D eigenvalue weighted by atomic mass is 10.4. The van der Waals surface area contributed by atoms with Gasteiger partial charge in [-0.2, -0.15) is 0 Å². The normalized spacial score (nSPS) is 38.0. The van der Waals surface area contributed by atoms with Crippen molar-refractivity contribution >= 4 is 0 Å². The first-order valence-corrected chi connectivity index (χ1v) is 2.31. The summed E-state index contributed by atoms with van der Waals surface area (Å²) >= 11 is 0. The van der Waals surface area contributed by atoms with Gasteiger partial charge in [-0.05, 0) is 6.42 Å². The van der Waals surface area contributed by atoms with Gasteiger partial charge >= 0.3 is 0 Å². The van der Waals surface area contributed by atoms with Crippen LogP contribution in [0.15, 0.2) is 12.4 Å². The molecule has 1 saturated carbocycles. The lowest BCUT2D eigenvalue weighted by Gasteiger charge is -1.83. The van der Waals surface area contributed by atoms with Crippen LogP contribution in [0.25, 0.3) is 0 Å². The van der Waals surface area contributed by atoms with Crippen LogP contribution in [-0.2, 0) is 0 Å². The SMILES string of the molecule is C=C(F)C1CC1N. The summed E-state index contributed by atoms with van der Waals surface area (Å²) in [7, 11) is 0. The Morgan fingerprint density at radius 1 is 1.86 bits per heavy atom. The monoisotopic (exact) mass is 101 g/mol. The molecule has 2 N–H and O–H groups in total. The molecular weight excluding hydrogens is 93.1 g/mol. The van der Waals surface area contributed by atoms with Crippen LogP contribution in [0.2, 0.25) is 0 Å². The largest absolute Gasteiger partial charge is 0.327 e. The zero-order valence-corrected chi connectivity index (χ0v) is 4.02. The summed E-state index contributed by atoms with van der Waals surface area (Å²) in [5, 5.41) is 0. The van der Waals surface area contributed by atoms with Gasteiger partial charge in [-0.15, -0.1) is 0 Å². The number of hydrogen-bond acceptors (Lipinski definition) is 1. The highest BCUT2D eigenvalue weighted by atomic mass is 19.1. The highest BCUT2D eigenvalue weighted by molar-refractivity contribution is 5.07. The van der Waals surface area contributed by atoms with Crippen molar-refractivity contribution in [2.75, 3.05) is 0 Å². The second kappa shape index (κ2) is 1.30. The van der Waals surface area contributed by atoms with Crippen molar-refractivity contribution in [1.29, 1.82) is 0 Å². The van der Waals surface area contributed by atoms with Gasteiger partial charge in [-0.1, -0.05) is 6.58 Å². The average molecular weight is 101 g/mol. The van der Waals surface area contributed by atoms with Gasteiger partial charge in [-0.25, -0.2) is 4.39 Å². The second-order valence-corrected chi connectivity index (χ2v) is 1.95. The van der Waals surface area contributed by atoms with Crippen LogP contribution in [0.4, 0.5) is 4.39 Å². The summed E-state index contributed by atoms with van der Waals surface area (Å²) in [6.45, 7) is 3.12. The van der Waals surface area contributed by atoms with Crippen molar-refractivity contribution in [2.45, 2.75) is 12.5 Å². The molecular formula is C5H8FN. The molecule has 0 aliphatic heterocycles. The molecule has 1 aliphatic rings. The van der Waals surface area contributed by atoms with Crippen LogP contribution in [0.3, 0.4) is 0 Å². The molecule has 2 heteroatoms. The Hall–Kier alpha value is -0.370. The first-order valence-electron chi connectivity index (χ1n) is 2.31. The van der Waals surface area contributed by atoms with Crippen molar-refractivity contribution in [3.8, 4) is 0 Å². The molecule has 2 atom stereocenters. The minimum atomic E-state index is -0.257. The smallest absolute Gasteiger partial charge is 0.0974 e. The molecule has 0 aromatic rings. The van der Waals surface area contributed by atoms with E-state index in [0.29, 0.717) is 0 Å². The van der Waals surface area contributed by atoms with Gasteiger partial charge in [-0.3, -0.25) is 0 Å². The van der Waals surface area contributed by atoms with E-state index in [9.17, 15) is 4.39 Å². The molecule has 1 nitrogen and oxygen atoms in total. The van der Waals surface area contributed by atoms with Gasteiger partial charge < -0.3 is 5.73 Å². The molecule has 0 radical (unpaired) electrons. The summed E-state index contributed by atoms with van der Waals surface area (Å²) in [6.07, 6.45) is 0.787. The Bertz CT molecular complexity index is 100. The van der Waals surface area contributed by atoms with Gasteiger partial charge in [0.2, 0.25) is 0 Å². The highest BCUT2D eigenvalue weighted by Gasteiger charge is 2.36. The van der Waals surface area contributed by atoms with Crippen molar-refractivity contribution < 1.29 is 4.39 Å². The zero-order chi connectivity index (χ0) is 5.44. The van der Waals surface area contributed by atoms with Gasteiger partial charge in [0.1, 0.15) is 0 Å². The molecule has 0 bridgehead atoms. The lowest BCUT2D eigenvalue weighted by Crippen LogP contribution is -2.01. The van der Waals surface area contributed by atoms with Crippen LogP contribution in [0.5, 0.6) is 0 Å². The maximum absolute atomic E-state index is 11.9. The molecule has 0 heterocycles. The van der Waals surface area contributed by atoms with Crippen LogP contribution in [0.1, 0.15) is 6.42 Å². The van der Waals surface area contributed by atoms with Gasteiger partial charge in [0.15, 0.2) is 0 Å². The third-order valence-electron chi connectivity index (χ3n) is 1.24. The van der Waals surface area contributed by atoms with E-state index in [1.807, 2.05) is 0 Å². The minimum absolute atomic E-state index is 0.0139. The molecule has 0 aromatic carbocycles. The first-order chi connectivity index (χ1) is 3.22. The van der Waals surface area contributed by atoms with Crippen molar-refractivity contribution in [1.82, 2.24) is 0 Å². The molecule has 0 aromatic heterocycles. The molecule has 1 rings (SSSR count). The molecule has 40 valence electrons. The maximum atomic E-state index is 11.9. The topological polar surface area (TPSA) is 26.0 Å². The quantitative estimate of drug-likeness (QED) is 0.519. The summed E-state index contributed by atoms with van der Waals surface area (Å²) in [5.74, 6) is -0.271. The Labute approximate surface area is 42.0 Å². The standard InChI is InChI=1S/C5H8FN/c1-3(6)4-2-5(4)7/h4-5H,1-2,7H2. The van der Waals surface area contributed by atoms with Crippen molar-refractivity contribution in [3.63, 3.8) is 0 Å². The second-order valence-electron chi connectivity index (χ2n) is 1.95. The number of nitrogens with two attached hydrogens (primary N) is 1. The fourth-order valence-corrected chi connectivity index (χ4v) is 0.575. The highest BCUT2D eigenvalue weighted by Crippen LogP contribution is 2.34. The van der Waals surface area contributed by atoms with Crippen LogP contribution < -0.4 is 5.73 Å². The molecule has 0 saturated heterocycles. The first kappa shape index (κ1) is 4.78. The predicted molar refractivity (Wildman–Crippen MR) is 26.3 cm³/mol. The van der Waals surface area contributed by atoms with Crippen LogP contribution in [-0.4, -0.2) is 6.04 Å². The van der Waals surface area contributed by atoms with E-state index >= 15 is 0 Å². The van der Waals surface area contributed by atoms with Crippen molar-refractivity contribution in [2.24, 2.45) is 11.7 Å². The van der Waals surface area contributed by atoms with Gasteiger partial charge in [0.05, 0.1) is 5.83 Å². The molecule has 1 aliphatic carbocycles. The number of halogens is 1. The Balaban J connectivity index is 2.33. The molecule has 2 unspecified atom stereocenters. The van der Waals surface area contributed by atoms with Gasteiger partial charge in [0, 0.05) is 12.0 Å². The Morgan fingerprint density at radius 3 is 2.29 bits per heavy atom. The van der Waals surface area contributed by atoms with E-state index in [0.717, 1.165) is 6.42 Å². The third-order valence-corrected chi connectivity index (χ3v) is 1.24. The Morgan fingerprint density at radius 2 is 2.29 bits per heavy atom. The summed E-state index contributed by atoms with van der Waals surface area (Å²) < 4.78 is 11.9. The predicted octanol–water partition coefficient (Wildman–Crippen LogP) is 0.817. The molecule has 0 spiro atoms. The van der Waals surface area contributed by atoms with Crippen molar-refractivity contribution in [3.05, 3.63) is 12.4 Å². The lowest BCUT2D eigenvalue weighted by molar-refractivity contribution is 0.575. The van der Waals surface area contributed by atoms with Gasteiger partial charge in [0.25, 0.3) is 0 Å². The fourth-order valence-electron chi connectivity index (χ4n) is 0.575. The summed E-state index contributed by atoms with van der Waals surface area (Å²) in [4.78, 5) is 0. The van der Waals surface area contributed by atoms with E-state index in [-0.39, 0.29) is 17.8 Å². The van der Waals surface area contributed by atoms with E-state index in [1.165, 1.54) is 0 Å². The molecule has 7 heavy (non-hydrogen) atoms. The van der Waals surface area contributed by atoms with E-state index < -0.39 is 0 Å². The fraction of sp³-hybridized carbons (Fsp3) is 0.600. The summed E-state index contributed by atoms with van der Waals surface area (Å²) in [6, 6.07) is 0.0671. The number of rotatable bonds is 1. The third kappa shape index (κ3) is 0.800.